The van der Waals surface area contributed by atoms with Crippen LogP contribution in [0.25, 0.3) is 0 Å². The van der Waals surface area contributed by atoms with Crippen LogP contribution in [0.3, 0.4) is 0 Å². The molecule has 3 rings (SSSR count). The van der Waals surface area contributed by atoms with Gasteiger partial charge in [0.1, 0.15) is 0 Å². The first kappa shape index (κ1) is 15.6. The Labute approximate surface area is 138 Å². The number of carbonyl (C=O) groups excluding carboxylic acids is 2. The minimum atomic E-state index is -0.406. The van der Waals surface area contributed by atoms with E-state index in [1.165, 1.54) is 11.8 Å². The lowest BCUT2D eigenvalue weighted by atomic mass is 10.2. The number of nitrogens with one attached hydrogen (secondary N) is 1. The number of hydrogen-bond acceptors (Lipinski definition) is 4. The van der Waals surface area contributed by atoms with E-state index in [9.17, 15) is 9.59 Å². The molecule has 2 atom stereocenters. The minimum absolute atomic E-state index is 0.000800. The molecule has 2 heterocycles. The van der Waals surface area contributed by atoms with Crippen LogP contribution in [0, 0.1) is 0 Å². The first-order valence-electron chi connectivity index (χ1n) is 7.19. The molecule has 1 fully saturated rings. The van der Waals surface area contributed by atoms with Gasteiger partial charge in [0.15, 0.2) is 0 Å². The predicted octanol–water partition coefficient (Wildman–Crippen LogP) is 2.39. The van der Waals surface area contributed by atoms with E-state index >= 15 is 0 Å². The summed E-state index contributed by atoms with van der Waals surface area (Å²) in [4.78, 5) is 27.4. The van der Waals surface area contributed by atoms with Crippen LogP contribution in [0.2, 0.25) is 5.02 Å². The van der Waals surface area contributed by atoms with Gasteiger partial charge in [-0.05, 0) is 25.1 Å². The Morgan fingerprint density at radius 2 is 2.36 bits per heavy atom. The van der Waals surface area contributed by atoms with E-state index < -0.39 is 5.25 Å². The van der Waals surface area contributed by atoms with Crippen molar-refractivity contribution in [3.8, 4) is 0 Å². The molecule has 2 aliphatic heterocycles. The lowest BCUT2D eigenvalue weighted by molar-refractivity contribution is -0.140. The van der Waals surface area contributed by atoms with E-state index in [-0.39, 0.29) is 24.3 Å². The summed E-state index contributed by atoms with van der Waals surface area (Å²) in [5.74, 6) is -0.144. The molecule has 5 nitrogen and oxygen atoms in total. The van der Waals surface area contributed by atoms with Crippen molar-refractivity contribution in [3.05, 3.63) is 23.2 Å². The van der Waals surface area contributed by atoms with Crippen LogP contribution in [0.15, 0.2) is 23.1 Å². The maximum absolute atomic E-state index is 12.4. The van der Waals surface area contributed by atoms with Gasteiger partial charge in [-0.15, -0.1) is 11.8 Å². The van der Waals surface area contributed by atoms with Crippen LogP contribution in [-0.4, -0.2) is 47.8 Å². The summed E-state index contributed by atoms with van der Waals surface area (Å²) in [5, 5.41) is 3.00. The fourth-order valence-electron chi connectivity index (χ4n) is 2.63. The van der Waals surface area contributed by atoms with E-state index in [0.717, 1.165) is 4.90 Å². The second-order valence-electron chi connectivity index (χ2n) is 5.45. The summed E-state index contributed by atoms with van der Waals surface area (Å²) in [5.41, 5.74) is 0.714. The van der Waals surface area contributed by atoms with Gasteiger partial charge in [0.2, 0.25) is 11.8 Å². The third-order valence-corrected chi connectivity index (χ3v) is 5.32. The molecule has 2 amide bonds. The fourth-order valence-corrected chi connectivity index (χ4v) is 3.88. The van der Waals surface area contributed by atoms with E-state index in [1.54, 1.807) is 17.0 Å². The highest BCUT2D eigenvalue weighted by molar-refractivity contribution is 8.01. The summed E-state index contributed by atoms with van der Waals surface area (Å²) in [6.45, 7) is 3.66. The highest BCUT2D eigenvalue weighted by Crippen LogP contribution is 2.38. The number of amides is 2. The Hall–Kier alpha value is -1.24. The molecule has 1 N–H and O–H groups in total. The number of halogens is 1. The predicted molar refractivity (Wildman–Crippen MR) is 86.3 cm³/mol. The summed E-state index contributed by atoms with van der Waals surface area (Å²) in [6.07, 6.45) is 0.197. The molecule has 1 saturated heterocycles. The largest absolute Gasteiger partial charge is 0.377 e. The highest BCUT2D eigenvalue weighted by atomic mass is 35.5. The zero-order valence-electron chi connectivity index (χ0n) is 12.2. The molecule has 1 aromatic carbocycles. The summed E-state index contributed by atoms with van der Waals surface area (Å²) in [7, 11) is 0. The number of thioether (sulfide) groups is 1. The zero-order valence-corrected chi connectivity index (χ0v) is 13.7. The van der Waals surface area contributed by atoms with Gasteiger partial charge in [-0.1, -0.05) is 11.6 Å². The van der Waals surface area contributed by atoms with Crippen LogP contribution in [-0.2, 0) is 14.3 Å². The number of ether oxygens (including phenoxy) is 1. The van der Waals surface area contributed by atoms with Crippen molar-refractivity contribution in [3.63, 3.8) is 0 Å². The maximum atomic E-state index is 12.4. The molecule has 0 aromatic heterocycles. The van der Waals surface area contributed by atoms with E-state index in [4.69, 9.17) is 16.3 Å². The van der Waals surface area contributed by atoms with Crippen LogP contribution in [0.4, 0.5) is 5.69 Å². The third-order valence-electron chi connectivity index (χ3n) is 3.81. The molecular formula is C15H17ClN2O3S. The van der Waals surface area contributed by atoms with Crippen LogP contribution < -0.4 is 5.32 Å². The van der Waals surface area contributed by atoms with E-state index in [0.29, 0.717) is 30.5 Å². The van der Waals surface area contributed by atoms with Crippen molar-refractivity contribution in [1.82, 2.24) is 4.90 Å². The van der Waals surface area contributed by atoms with Gasteiger partial charge in [-0.25, -0.2) is 0 Å². The Bertz CT molecular complexity index is 610. The van der Waals surface area contributed by atoms with Crippen molar-refractivity contribution in [1.29, 1.82) is 0 Å². The topological polar surface area (TPSA) is 58.6 Å². The number of carbonyl (C=O) groups is 2. The monoisotopic (exact) mass is 340 g/mol. The molecule has 1 aromatic rings. The lowest BCUT2D eigenvalue weighted by Crippen LogP contribution is -2.48. The van der Waals surface area contributed by atoms with Gasteiger partial charge < -0.3 is 15.0 Å². The number of fused-ring (bicyclic) bond motifs is 1. The molecule has 22 heavy (non-hydrogen) atoms. The molecule has 0 saturated carbocycles. The average molecular weight is 341 g/mol. The Morgan fingerprint density at radius 3 is 3.14 bits per heavy atom. The van der Waals surface area contributed by atoms with Gasteiger partial charge in [-0.3, -0.25) is 9.59 Å². The van der Waals surface area contributed by atoms with Gasteiger partial charge in [0.05, 0.1) is 30.2 Å². The molecule has 7 heteroatoms. The van der Waals surface area contributed by atoms with E-state index in [1.807, 2.05) is 13.0 Å². The van der Waals surface area contributed by atoms with Gasteiger partial charge in [0.25, 0.3) is 0 Å². The molecule has 0 bridgehead atoms. The number of morpholine rings is 1. The second kappa shape index (κ2) is 6.48. The van der Waals surface area contributed by atoms with Crippen LogP contribution >= 0.6 is 23.4 Å². The third kappa shape index (κ3) is 3.24. The van der Waals surface area contributed by atoms with Crippen LogP contribution in [0.1, 0.15) is 13.3 Å². The quantitative estimate of drug-likeness (QED) is 0.898. The Kier molecular flexibility index (Phi) is 4.61. The maximum Gasteiger partial charge on any atom is 0.238 e. The number of nitrogens with zero attached hydrogens (tertiary/aromatic N) is 1. The molecule has 118 valence electrons. The Balaban J connectivity index is 1.69. The molecule has 2 aliphatic rings. The molecule has 0 unspecified atom stereocenters. The first-order valence-corrected chi connectivity index (χ1v) is 8.44. The molecule has 0 radical (unpaired) electrons. The number of hydrogen-bond donors (Lipinski definition) is 1. The summed E-state index contributed by atoms with van der Waals surface area (Å²) in [6, 6.07) is 5.44. The van der Waals surface area contributed by atoms with Gasteiger partial charge >= 0.3 is 0 Å². The molecular weight excluding hydrogens is 324 g/mol. The summed E-state index contributed by atoms with van der Waals surface area (Å²) < 4.78 is 5.34. The smallest absolute Gasteiger partial charge is 0.238 e. The summed E-state index contributed by atoms with van der Waals surface area (Å²) >= 11 is 7.35. The Morgan fingerprint density at radius 1 is 1.55 bits per heavy atom. The van der Waals surface area contributed by atoms with E-state index in [2.05, 4.69) is 5.32 Å². The van der Waals surface area contributed by atoms with Crippen molar-refractivity contribution < 1.29 is 14.3 Å². The lowest BCUT2D eigenvalue weighted by Gasteiger charge is -2.34. The number of anilines is 1. The first-order chi connectivity index (χ1) is 10.5. The number of rotatable bonds is 2. The standard InChI is InChI=1S/C15H17ClN2O3S/c1-9-8-21-5-4-18(9)14(19)7-13-15(20)17-11-6-10(16)2-3-12(11)22-13/h2-3,6,9,13H,4-5,7-8H2,1H3,(H,17,20)/t9-,13-/m0/s1. The SMILES string of the molecule is C[C@H]1COCCN1C(=O)C[C@@H]1Sc2ccc(Cl)cc2NC1=O. The highest BCUT2D eigenvalue weighted by Gasteiger charge is 2.32. The van der Waals surface area contributed by atoms with Crippen LogP contribution in [0.5, 0.6) is 0 Å². The second-order valence-corrected chi connectivity index (χ2v) is 7.13. The van der Waals surface area contributed by atoms with Crippen molar-refractivity contribution >= 4 is 40.9 Å². The van der Waals surface area contributed by atoms with Crippen molar-refractivity contribution in [2.75, 3.05) is 25.1 Å². The van der Waals surface area contributed by atoms with Gasteiger partial charge in [-0.2, -0.15) is 0 Å². The average Bonchev–Trinajstić information content (AvgIpc) is 2.48. The minimum Gasteiger partial charge on any atom is -0.377 e. The zero-order chi connectivity index (χ0) is 15.7. The number of benzene rings is 1. The van der Waals surface area contributed by atoms with Crippen molar-refractivity contribution in [2.24, 2.45) is 0 Å². The fraction of sp³-hybridized carbons (Fsp3) is 0.467. The normalized spacial score (nSPS) is 24.6. The molecule has 0 spiro atoms. The molecule has 0 aliphatic carbocycles. The van der Waals surface area contributed by atoms with Gasteiger partial charge in [0, 0.05) is 22.9 Å². The van der Waals surface area contributed by atoms with Crippen molar-refractivity contribution in [2.45, 2.75) is 29.5 Å².